The molecular weight excluding hydrogens is 248 g/mol. The van der Waals surface area contributed by atoms with Gasteiger partial charge in [-0.2, -0.15) is 0 Å². The molecule has 0 saturated heterocycles. The fourth-order valence-electron chi connectivity index (χ4n) is 2.18. The van der Waals surface area contributed by atoms with Crippen molar-refractivity contribution in [2.75, 3.05) is 0 Å². The van der Waals surface area contributed by atoms with Crippen LogP contribution < -0.4 is 5.32 Å². The summed E-state index contributed by atoms with van der Waals surface area (Å²) in [5, 5.41) is 2.86. The van der Waals surface area contributed by atoms with E-state index in [4.69, 9.17) is 0 Å². The molecule has 1 aliphatic rings. The Bertz CT molecular complexity index is 699. The van der Waals surface area contributed by atoms with E-state index in [-0.39, 0.29) is 5.91 Å². The van der Waals surface area contributed by atoms with E-state index < -0.39 is 0 Å². The molecule has 1 N–H and O–H groups in total. The maximum absolute atomic E-state index is 12.1. The van der Waals surface area contributed by atoms with Crippen molar-refractivity contribution in [2.24, 2.45) is 4.99 Å². The van der Waals surface area contributed by atoms with Gasteiger partial charge in [0.2, 0.25) is 0 Å². The molecule has 0 aromatic heterocycles. The molecule has 2 aromatic carbocycles. The molecule has 0 fully saturated rings. The van der Waals surface area contributed by atoms with Gasteiger partial charge in [-0.05, 0) is 29.3 Å². The van der Waals surface area contributed by atoms with Crippen LogP contribution in [-0.2, 0) is 6.42 Å². The Kier molecular flexibility index (Phi) is 3.17. The van der Waals surface area contributed by atoms with Gasteiger partial charge in [0.05, 0.1) is 5.69 Å². The summed E-state index contributed by atoms with van der Waals surface area (Å²) < 4.78 is 0. The molecule has 0 spiro atoms. The van der Waals surface area contributed by atoms with E-state index in [1.807, 2.05) is 36.4 Å². The highest BCUT2D eigenvalue weighted by Gasteiger charge is 2.16. The SMILES string of the molecule is C=Cc1ccc(C(=O)NC2=Nc3ccccc3C2)cc1. The van der Waals surface area contributed by atoms with Crippen LogP contribution in [0.1, 0.15) is 21.5 Å². The monoisotopic (exact) mass is 262 g/mol. The van der Waals surface area contributed by atoms with Gasteiger partial charge in [-0.1, -0.05) is 43.0 Å². The number of amidine groups is 1. The molecule has 0 saturated carbocycles. The molecule has 0 aliphatic carbocycles. The summed E-state index contributed by atoms with van der Waals surface area (Å²) in [5.41, 5.74) is 3.69. The van der Waals surface area contributed by atoms with Crippen molar-refractivity contribution in [3.63, 3.8) is 0 Å². The number of benzene rings is 2. The number of hydrogen-bond donors (Lipinski definition) is 1. The fraction of sp³-hybridized carbons (Fsp3) is 0.0588. The zero-order valence-corrected chi connectivity index (χ0v) is 11.0. The van der Waals surface area contributed by atoms with Crippen LogP contribution in [0.25, 0.3) is 6.08 Å². The molecule has 98 valence electrons. The maximum Gasteiger partial charge on any atom is 0.256 e. The van der Waals surface area contributed by atoms with E-state index in [1.54, 1.807) is 18.2 Å². The minimum Gasteiger partial charge on any atom is -0.310 e. The minimum absolute atomic E-state index is 0.132. The summed E-state index contributed by atoms with van der Waals surface area (Å²) in [6.45, 7) is 3.69. The summed E-state index contributed by atoms with van der Waals surface area (Å²) in [6, 6.07) is 15.2. The lowest BCUT2D eigenvalue weighted by atomic mass is 10.1. The van der Waals surface area contributed by atoms with Crippen LogP contribution in [0.5, 0.6) is 0 Å². The van der Waals surface area contributed by atoms with Gasteiger partial charge in [0.1, 0.15) is 5.84 Å². The molecule has 1 heterocycles. The average molecular weight is 262 g/mol. The Balaban J connectivity index is 1.73. The highest BCUT2D eigenvalue weighted by Crippen LogP contribution is 2.25. The molecule has 1 amide bonds. The first-order chi connectivity index (χ1) is 9.76. The molecule has 3 nitrogen and oxygen atoms in total. The number of carbonyl (C=O) groups excluding carboxylic acids is 1. The Morgan fingerprint density at radius 3 is 2.60 bits per heavy atom. The summed E-state index contributed by atoms with van der Waals surface area (Å²) in [5.74, 6) is 0.566. The lowest BCUT2D eigenvalue weighted by Crippen LogP contribution is -2.30. The smallest absolute Gasteiger partial charge is 0.256 e. The van der Waals surface area contributed by atoms with E-state index in [1.165, 1.54) is 0 Å². The standard InChI is InChI=1S/C17H14N2O/c1-2-12-7-9-13(10-8-12)17(20)19-16-11-14-5-3-4-6-15(14)18-16/h2-10H,1,11H2,(H,18,19,20). The molecule has 0 unspecified atom stereocenters. The van der Waals surface area contributed by atoms with Crippen LogP contribution in [0.2, 0.25) is 0 Å². The number of nitrogens with zero attached hydrogens (tertiary/aromatic N) is 1. The van der Waals surface area contributed by atoms with Crippen LogP contribution >= 0.6 is 0 Å². The molecular formula is C17H14N2O. The number of fused-ring (bicyclic) bond motifs is 1. The van der Waals surface area contributed by atoms with Gasteiger partial charge in [-0.25, -0.2) is 4.99 Å². The molecule has 3 rings (SSSR count). The predicted octanol–water partition coefficient (Wildman–Crippen LogP) is 3.35. The van der Waals surface area contributed by atoms with Crippen LogP contribution in [0.15, 0.2) is 60.1 Å². The van der Waals surface area contributed by atoms with Gasteiger partial charge in [0, 0.05) is 12.0 Å². The average Bonchev–Trinajstić information content (AvgIpc) is 2.89. The number of rotatable bonds is 2. The third-order valence-corrected chi connectivity index (χ3v) is 3.27. The Morgan fingerprint density at radius 2 is 1.90 bits per heavy atom. The van der Waals surface area contributed by atoms with Gasteiger partial charge in [-0.3, -0.25) is 4.79 Å². The second-order valence-corrected chi connectivity index (χ2v) is 4.64. The van der Waals surface area contributed by atoms with Crippen LogP contribution in [-0.4, -0.2) is 11.7 Å². The second kappa shape index (κ2) is 5.13. The second-order valence-electron chi connectivity index (χ2n) is 4.64. The molecule has 0 atom stereocenters. The Morgan fingerprint density at radius 1 is 1.15 bits per heavy atom. The Labute approximate surface area is 117 Å². The quantitative estimate of drug-likeness (QED) is 0.886. The maximum atomic E-state index is 12.1. The first-order valence-electron chi connectivity index (χ1n) is 6.45. The van der Waals surface area contributed by atoms with Crippen LogP contribution in [0.3, 0.4) is 0 Å². The van der Waals surface area contributed by atoms with E-state index >= 15 is 0 Å². The fourth-order valence-corrected chi connectivity index (χ4v) is 2.18. The molecule has 0 radical (unpaired) electrons. The summed E-state index contributed by atoms with van der Waals surface area (Å²) in [4.78, 5) is 16.6. The van der Waals surface area contributed by atoms with Gasteiger partial charge >= 0.3 is 0 Å². The largest absolute Gasteiger partial charge is 0.310 e. The first-order valence-corrected chi connectivity index (χ1v) is 6.45. The predicted molar refractivity (Wildman–Crippen MR) is 81.2 cm³/mol. The van der Waals surface area contributed by atoms with Gasteiger partial charge in [0.15, 0.2) is 0 Å². The minimum atomic E-state index is -0.132. The van der Waals surface area contributed by atoms with Crippen molar-refractivity contribution in [3.8, 4) is 0 Å². The van der Waals surface area contributed by atoms with E-state index in [0.29, 0.717) is 17.8 Å². The molecule has 1 aliphatic heterocycles. The number of hydrogen-bond acceptors (Lipinski definition) is 2. The zero-order valence-electron chi connectivity index (χ0n) is 11.0. The number of para-hydroxylation sites is 1. The van der Waals surface area contributed by atoms with Crippen LogP contribution in [0, 0.1) is 0 Å². The highest BCUT2D eigenvalue weighted by molar-refractivity contribution is 6.09. The Hall–Kier alpha value is -2.68. The number of nitrogens with one attached hydrogen (secondary N) is 1. The first kappa shape index (κ1) is 12.4. The van der Waals surface area contributed by atoms with Crippen molar-refractivity contribution in [2.45, 2.75) is 6.42 Å². The topological polar surface area (TPSA) is 41.5 Å². The number of aliphatic imine (C=N–C) groups is 1. The van der Waals surface area contributed by atoms with Gasteiger partial charge < -0.3 is 5.32 Å². The van der Waals surface area contributed by atoms with Crippen molar-refractivity contribution in [1.29, 1.82) is 0 Å². The molecule has 0 bridgehead atoms. The van der Waals surface area contributed by atoms with Crippen LogP contribution in [0.4, 0.5) is 5.69 Å². The zero-order chi connectivity index (χ0) is 13.9. The van der Waals surface area contributed by atoms with Crippen molar-refractivity contribution >= 4 is 23.5 Å². The van der Waals surface area contributed by atoms with Crippen molar-refractivity contribution in [3.05, 3.63) is 71.8 Å². The van der Waals surface area contributed by atoms with E-state index in [0.717, 1.165) is 16.8 Å². The summed E-state index contributed by atoms with van der Waals surface area (Å²) >= 11 is 0. The van der Waals surface area contributed by atoms with Gasteiger partial charge in [0.25, 0.3) is 5.91 Å². The molecule has 2 aromatic rings. The lowest BCUT2D eigenvalue weighted by Gasteiger charge is -2.04. The molecule has 3 heteroatoms. The molecule has 20 heavy (non-hydrogen) atoms. The third-order valence-electron chi connectivity index (χ3n) is 3.27. The van der Waals surface area contributed by atoms with Gasteiger partial charge in [-0.15, -0.1) is 0 Å². The van der Waals surface area contributed by atoms with Crippen molar-refractivity contribution < 1.29 is 4.79 Å². The number of amides is 1. The number of carbonyl (C=O) groups is 1. The highest BCUT2D eigenvalue weighted by atomic mass is 16.1. The van der Waals surface area contributed by atoms with E-state index in [9.17, 15) is 4.79 Å². The summed E-state index contributed by atoms with van der Waals surface area (Å²) in [7, 11) is 0. The van der Waals surface area contributed by atoms with E-state index in [2.05, 4.69) is 16.9 Å². The third kappa shape index (κ3) is 2.38. The summed E-state index contributed by atoms with van der Waals surface area (Å²) in [6.07, 6.45) is 2.42. The van der Waals surface area contributed by atoms with Crippen molar-refractivity contribution in [1.82, 2.24) is 5.32 Å². The normalized spacial score (nSPS) is 12.5. The lowest BCUT2D eigenvalue weighted by molar-refractivity contribution is 0.0976.